The van der Waals surface area contributed by atoms with Gasteiger partial charge < -0.3 is 14.9 Å². The number of hydrogen-bond donors (Lipinski definition) is 1. The van der Waals surface area contributed by atoms with Gasteiger partial charge in [0.25, 0.3) is 0 Å². The normalized spacial score (nSPS) is 22.7. The van der Waals surface area contributed by atoms with Crippen molar-refractivity contribution in [1.29, 1.82) is 0 Å². The lowest BCUT2D eigenvalue weighted by molar-refractivity contribution is -0.142. The number of carboxylic acids is 1. The maximum absolute atomic E-state index is 12.3. The molecule has 2 heterocycles. The van der Waals surface area contributed by atoms with Gasteiger partial charge >= 0.3 is 12.0 Å². The van der Waals surface area contributed by atoms with Gasteiger partial charge in [-0.15, -0.1) is 0 Å². The van der Waals surface area contributed by atoms with Crippen LogP contribution in [0.1, 0.15) is 24.0 Å². The van der Waals surface area contributed by atoms with Gasteiger partial charge in [-0.3, -0.25) is 4.90 Å². The molecule has 1 N–H and O–H groups in total. The van der Waals surface area contributed by atoms with Gasteiger partial charge in [-0.05, 0) is 37.0 Å². The average molecular weight is 366 g/mol. The smallest absolute Gasteiger partial charge is 0.328 e. The minimum atomic E-state index is -0.920. The number of carbonyl (C=O) groups excluding carboxylic acids is 1. The number of aryl methyl sites for hydroxylation is 1. The molecule has 3 rings (SSSR count). The summed E-state index contributed by atoms with van der Waals surface area (Å²) in [6.45, 7) is 4.82. The van der Waals surface area contributed by atoms with E-state index in [9.17, 15) is 14.7 Å². The molecule has 1 atom stereocenters. The van der Waals surface area contributed by atoms with Crippen LogP contribution < -0.4 is 0 Å². The largest absolute Gasteiger partial charge is 0.480 e. The van der Waals surface area contributed by atoms with Crippen molar-refractivity contribution in [1.82, 2.24) is 14.7 Å². The molecule has 0 spiro atoms. The molecule has 1 aromatic carbocycles. The third-order valence-corrected chi connectivity index (χ3v) is 5.62. The van der Waals surface area contributed by atoms with Crippen molar-refractivity contribution in [2.24, 2.45) is 0 Å². The lowest BCUT2D eigenvalue weighted by Crippen LogP contribution is -2.51. The zero-order valence-electron chi connectivity index (χ0n) is 14.6. The van der Waals surface area contributed by atoms with Crippen molar-refractivity contribution in [2.45, 2.75) is 38.4 Å². The van der Waals surface area contributed by atoms with Crippen LogP contribution in [0.2, 0.25) is 5.02 Å². The SMILES string of the molecule is Cc1cc(CN2CCC(N3C(=O)N(C)CC3C(=O)O)CC2)ccc1Cl. The van der Waals surface area contributed by atoms with Gasteiger partial charge in [0.15, 0.2) is 0 Å². The molecule has 1 aromatic rings. The Kier molecular flexibility index (Phi) is 5.20. The zero-order chi connectivity index (χ0) is 18.1. The monoisotopic (exact) mass is 365 g/mol. The summed E-state index contributed by atoms with van der Waals surface area (Å²) in [5, 5.41) is 10.2. The summed E-state index contributed by atoms with van der Waals surface area (Å²) in [4.78, 5) is 29.2. The molecule has 2 saturated heterocycles. The van der Waals surface area contributed by atoms with Gasteiger partial charge in [0.2, 0.25) is 0 Å². The molecular formula is C18H24ClN3O3. The number of likely N-dealkylation sites (N-methyl/N-ethyl adjacent to an activating group) is 1. The Balaban J connectivity index is 1.60. The number of nitrogens with zero attached hydrogens (tertiary/aromatic N) is 3. The number of benzene rings is 1. The number of hydrogen-bond acceptors (Lipinski definition) is 3. The number of carbonyl (C=O) groups is 2. The van der Waals surface area contributed by atoms with E-state index in [2.05, 4.69) is 11.0 Å². The van der Waals surface area contributed by atoms with Crippen molar-refractivity contribution < 1.29 is 14.7 Å². The van der Waals surface area contributed by atoms with Crippen LogP contribution in [0.4, 0.5) is 4.79 Å². The molecule has 0 bridgehead atoms. The van der Waals surface area contributed by atoms with Gasteiger partial charge in [-0.2, -0.15) is 0 Å². The molecule has 2 aliphatic heterocycles. The van der Waals surface area contributed by atoms with Crippen molar-refractivity contribution in [3.8, 4) is 0 Å². The summed E-state index contributed by atoms with van der Waals surface area (Å²) < 4.78 is 0. The third kappa shape index (κ3) is 3.75. The number of likely N-dealkylation sites (tertiary alicyclic amines) is 1. The number of halogens is 1. The first-order chi connectivity index (χ1) is 11.9. The summed E-state index contributed by atoms with van der Waals surface area (Å²) in [6, 6.07) is 5.18. The molecule has 2 aliphatic rings. The molecule has 25 heavy (non-hydrogen) atoms. The Bertz CT molecular complexity index is 674. The highest BCUT2D eigenvalue weighted by atomic mass is 35.5. The molecular weight excluding hydrogens is 342 g/mol. The van der Waals surface area contributed by atoms with Crippen molar-refractivity contribution in [2.75, 3.05) is 26.7 Å². The summed E-state index contributed by atoms with van der Waals surface area (Å²) in [6.07, 6.45) is 1.60. The number of carboxylic acid groups (broad SMARTS) is 1. The third-order valence-electron chi connectivity index (χ3n) is 5.19. The average Bonchev–Trinajstić information content (AvgIpc) is 2.88. The van der Waals surface area contributed by atoms with Crippen LogP contribution in [0.5, 0.6) is 0 Å². The van der Waals surface area contributed by atoms with Crippen LogP contribution in [0.25, 0.3) is 0 Å². The Labute approximate surface area is 152 Å². The first-order valence-electron chi connectivity index (χ1n) is 8.60. The number of amides is 2. The van der Waals surface area contributed by atoms with E-state index in [-0.39, 0.29) is 18.6 Å². The van der Waals surface area contributed by atoms with Crippen LogP contribution in [0, 0.1) is 6.92 Å². The van der Waals surface area contributed by atoms with Crippen molar-refractivity contribution >= 4 is 23.6 Å². The molecule has 0 radical (unpaired) electrons. The summed E-state index contributed by atoms with van der Waals surface area (Å²) in [7, 11) is 1.66. The summed E-state index contributed by atoms with van der Waals surface area (Å²) in [5.74, 6) is -0.920. The first-order valence-corrected chi connectivity index (χ1v) is 8.98. The second-order valence-electron chi connectivity index (χ2n) is 7.02. The predicted octanol–water partition coefficient (Wildman–Crippen LogP) is 2.43. The Morgan fingerprint density at radius 2 is 2.00 bits per heavy atom. The van der Waals surface area contributed by atoms with E-state index >= 15 is 0 Å². The Morgan fingerprint density at radius 3 is 2.60 bits per heavy atom. The number of piperidine rings is 1. The standard InChI is InChI=1S/C18H24ClN3O3/c1-12-9-13(3-4-15(12)19)10-21-7-5-14(6-8-21)22-16(17(23)24)11-20(2)18(22)25/h3-4,9,14,16H,5-8,10-11H2,1-2H3,(H,23,24). The molecule has 136 valence electrons. The van der Waals surface area contributed by atoms with E-state index in [1.165, 1.54) is 10.5 Å². The predicted molar refractivity (Wildman–Crippen MR) is 95.8 cm³/mol. The van der Waals surface area contributed by atoms with Crippen LogP contribution in [0.3, 0.4) is 0 Å². The highest BCUT2D eigenvalue weighted by Crippen LogP contribution is 2.26. The zero-order valence-corrected chi connectivity index (χ0v) is 15.4. The molecule has 2 amide bonds. The van der Waals surface area contributed by atoms with Crippen LogP contribution in [0.15, 0.2) is 18.2 Å². The second-order valence-corrected chi connectivity index (χ2v) is 7.42. The quantitative estimate of drug-likeness (QED) is 0.890. The van der Waals surface area contributed by atoms with Crippen LogP contribution in [-0.2, 0) is 11.3 Å². The maximum atomic E-state index is 12.3. The highest BCUT2D eigenvalue weighted by molar-refractivity contribution is 6.31. The molecule has 0 aliphatic carbocycles. The van der Waals surface area contributed by atoms with Crippen molar-refractivity contribution in [3.63, 3.8) is 0 Å². The summed E-state index contributed by atoms with van der Waals surface area (Å²) in [5.41, 5.74) is 2.30. The fourth-order valence-corrected chi connectivity index (χ4v) is 3.90. The van der Waals surface area contributed by atoms with E-state index in [0.29, 0.717) is 0 Å². The van der Waals surface area contributed by atoms with E-state index in [0.717, 1.165) is 43.1 Å². The van der Waals surface area contributed by atoms with E-state index in [4.69, 9.17) is 11.6 Å². The maximum Gasteiger partial charge on any atom is 0.328 e. The van der Waals surface area contributed by atoms with Gasteiger partial charge in [-0.25, -0.2) is 9.59 Å². The van der Waals surface area contributed by atoms with Crippen LogP contribution >= 0.6 is 11.6 Å². The van der Waals surface area contributed by atoms with Gasteiger partial charge in [0, 0.05) is 37.7 Å². The van der Waals surface area contributed by atoms with Crippen LogP contribution in [-0.4, -0.2) is 70.6 Å². The molecule has 7 heteroatoms. The molecule has 2 fully saturated rings. The lowest BCUT2D eigenvalue weighted by Gasteiger charge is -2.37. The van der Waals surface area contributed by atoms with Gasteiger partial charge in [-0.1, -0.05) is 23.7 Å². The second kappa shape index (κ2) is 7.22. The fourth-order valence-electron chi connectivity index (χ4n) is 3.78. The highest BCUT2D eigenvalue weighted by Gasteiger charge is 2.44. The Morgan fingerprint density at radius 1 is 1.32 bits per heavy atom. The summed E-state index contributed by atoms with van der Waals surface area (Å²) >= 11 is 6.08. The lowest BCUT2D eigenvalue weighted by atomic mass is 10.0. The van der Waals surface area contributed by atoms with E-state index in [1.807, 2.05) is 19.1 Å². The van der Waals surface area contributed by atoms with E-state index < -0.39 is 12.0 Å². The molecule has 1 unspecified atom stereocenters. The van der Waals surface area contributed by atoms with Gasteiger partial charge in [0.05, 0.1) is 6.54 Å². The van der Waals surface area contributed by atoms with Gasteiger partial charge in [0.1, 0.15) is 6.04 Å². The molecule has 0 saturated carbocycles. The minimum absolute atomic E-state index is 0.00162. The topological polar surface area (TPSA) is 64.1 Å². The molecule has 6 nitrogen and oxygen atoms in total. The fraction of sp³-hybridized carbons (Fsp3) is 0.556. The molecule has 0 aromatic heterocycles. The minimum Gasteiger partial charge on any atom is -0.480 e. The number of rotatable bonds is 4. The first kappa shape index (κ1) is 18.0. The number of aliphatic carboxylic acids is 1. The number of urea groups is 1. The van der Waals surface area contributed by atoms with Crippen molar-refractivity contribution in [3.05, 3.63) is 34.3 Å². The Hall–Kier alpha value is -1.79. The van der Waals surface area contributed by atoms with E-state index in [1.54, 1.807) is 11.9 Å².